The molecule has 0 spiro atoms. The van der Waals surface area contributed by atoms with Gasteiger partial charge in [-0.1, -0.05) is 12.1 Å². The van der Waals surface area contributed by atoms with E-state index in [0.29, 0.717) is 5.69 Å². The van der Waals surface area contributed by atoms with E-state index in [1.807, 2.05) is 0 Å². The Bertz CT molecular complexity index is 268. The summed E-state index contributed by atoms with van der Waals surface area (Å²) < 4.78 is 25.0. The maximum absolute atomic E-state index is 6.81. The molecule has 1 aromatic carbocycles. The van der Waals surface area contributed by atoms with Crippen LogP contribution >= 0.6 is 0 Å². The molecule has 0 radical (unpaired) electrons. The van der Waals surface area contributed by atoms with Gasteiger partial charge in [-0.2, -0.15) is 0 Å². The Morgan fingerprint density at radius 1 is 1.50 bits per heavy atom. The van der Waals surface area contributed by atoms with Gasteiger partial charge in [0, 0.05) is 12.7 Å². The number of hydrogen-bond donors (Lipinski definition) is 1. The van der Waals surface area contributed by atoms with Gasteiger partial charge in [-0.3, -0.25) is 0 Å². The van der Waals surface area contributed by atoms with E-state index in [4.69, 9.17) is 9.85 Å². The van der Waals surface area contributed by atoms with Crippen molar-refractivity contribution in [2.24, 2.45) is 0 Å². The molecule has 0 heterocycles. The third-order valence-corrected chi connectivity index (χ3v) is 1.22. The Morgan fingerprint density at radius 3 is 2.80 bits per heavy atom. The molecule has 0 aliphatic heterocycles. The van der Waals surface area contributed by atoms with Gasteiger partial charge in [0.05, 0.1) is 10.7 Å². The highest BCUT2D eigenvalue weighted by Crippen LogP contribution is 2.05. The molecule has 0 aromatic heterocycles. The minimum absolute atomic E-state index is 0.0801. The second kappa shape index (κ2) is 3.22. The molecule has 0 fully saturated rings. The van der Waals surface area contributed by atoms with Gasteiger partial charge in [0.15, 0.2) is 0 Å². The molecular weight excluding hydrogens is 126 g/mol. The molecule has 0 aliphatic carbocycles. The highest BCUT2D eigenvalue weighted by Gasteiger charge is 1.88. The SMILES string of the molecule is [2H]C([2H])([2H])OCc1ccc(N)cc1. The summed E-state index contributed by atoms with van der Waals surface area (Å²) in [6, 6.07) is 6.89. The van der Waals surface area contributed by atoms with E-state index in [9.17, 15) is 0 Å². The molecule has 2 nitrogen and oxygen atoms in total. The van der Waals surface area contributed by atoms with E-state index in [-0.39, 0.29) is 6.61 Å². The average Bonchev–Trinajstić information content (AvgIpc) is 2.02. The molecule has 0 unspecified atom stereocenters. The summed E-state index contributed by atoms with van der Waals surface area (Å²) in [6.45, 7) is 0.0801. The van der Waals surface area contributed by atoms with Crippen LogP contribution in [-0.2, 0) is 11.3 Å². The molecule has 1 aromatic rings. The Kier molecular flexibility index (Phi) is 1.28. The Balaban J connectivity index is 2.51. The van der Waals surface area contributed by atoms with Gasteiger partial charge >= 0.3 is 0 Å². The van der Waals surface area contributed by atoms with E-state index in [0.717, 1.165) is 5.56 Å². The van der Waals surface area contributed by atoms with Gasteiger partial charge in [0.1, 0.15) is 0 Å². The van der Waals surface area contributed by atoms with Crippen molar-refractivity contribution in [2.45, 2.75) is 6.61 Å². The fourth-order valence-electron chi connectivity index (χ4n) is 0.697. The first-order valence-electron chi connectivity index (χ1n) is 4.46. The largest absolute Gasteiger partial charge is 0.399 e. The van der Waals surface area contributed by atoms with Crippen molar-refractivity contribution >= 4 is 5.69 Å². The van der Waals surface area contributed by atoms with Crippen LogP contribution in [0.3, 0.4) is 0 Å². The molecule has 0 saturated heterocycles. The molecular formula is C8H11NO. The number of hydrogen-bond acceptors (Lipinski definition) is 2. The number of anilines is 1. The standard InChI is InChI=1S/C8H11NO/c1-10-6-7-2-4-8(9)5-3-7/h2-5H,6,9H2,1H3/i1D3. The van der Waals surface area contributed by atoms with Crippen molar-refractivity contribution in [3.63, 3.8) is 0 Å². The van der Waals surface area contributed by atoms with Crippen LogP contribution in [0.5, 0.6) is 0 Å². The van der Waals surface area contributed by atoms with E-state index in [1.54, 1.807) is 24.3 Å². The molecule has 0 bridgehead atoms. The summed E-state index contributed by atoms with van der Waals surface area (Å²) in [6.07, 6.45) is 0. The van der Waals surface area contributed by atoms with Gasteiger partial charge in [-0.05, 0) is 17.7 Å². The average molecular weight is 140 g/mol. The normalized spacial score (nSPS) is 15.4. The van der Waals surface area contributed by atoms with Gasteiger partial charge in [-0.15, -0.1) is 0 Å². The number of benzene rings is 1. The van der Waals surface area contributed by atoms with Crippen molar-refractivity contribution in [1.82, 2.24) is 0 Å². The quantitative estimate of drug-likeness (QED) is 0.630. The lowest BCUT2D eigenvalue weighted by Crippen LogP contribution is -1.88. The Hall–Kier alpha value is -1.02. The van der Waals surface area contributed by atoms with E-state index >= 15 is 0 Å². The van der Waals surface area contributed by atoms with Crippen LogP contribution in [0.15, 0.2) is 24.3 Å². The van der Waals surface area contributed by atoms with Crippen LogP contribution in [-0.4, -0.2) is 7.04 Å². The molecule has 1 rings (SSSR count). The van der Waals surface area contributed by atoms with Gasteiger partial charge in [-0.25, -0.2) is 0 Å². The lowest BCUT2D eigenvalue weighted by Gasteiger charge is -1.98. The second-order valence-corrected chi connectivity index (χ2v) is 2.03. The topological polar surface area (TPSA) is 35.2 Å². The van der Waals surface area contributed by atoms with Gasteiger partial charge in [0.2, 0.25) is 0 Å². The van der Waals surface area contributed by atoms with Crippen LogP contribution in [0, 0.1) is 0 Å². The van der Waals surface area contributed by atoms with Crippen molar-refractivity contribution in [3.05, 3.63) is 29.8 Å². The second-order valence-electron chi connectivity index (χ2n) is 2.03. The van der Waals surface area contributed by atoms with Gasteiger partial charge < -0.3 is 10.5 Å². The van der Waals surface area contributed by atoms with Crippen molar-refractivity contribution in [3.8, 4) is 0 Å². The van der Waals surface area contributed by atoms with Crippen LogP contribution in [0.1, 0.15) is 9.68 Å². The monoisotopic (exact) mass is 140 g/mol. The number of rotatable bonds is 2. The molecule has 0 atom stereocenters. The van der Waals surface area contributed by atoms with E-state index in [1.165, 1.54) is 0 Å². The zero-order valence-electron chi connectivity index (χ0n) is 8.50. The van der Waals surface area contributed by atoms with Crippen LogP contribution in [0.2, 0.25) is 0 Å². The zero-order valence-corrected chi connectivity index (χ0v) is 5.50. The molecule has 0 amide bonds. The fraction of sp³-hybridized carbons (Fsp3) is 0.250. The third-order valence-electron chi connectivity index (χ3n) is 1.22. The zero-order chi connectivity index (χ0) is 9.90. The van der Waals surface area contributed by atoms with Gasteiger partial charge in [0.25, 0.3) is 0 Å². The molecule has 0 aliphatic rings. The molecule has 2 heteroatoms. The Labute approximate surface area is 64.8 Å². The van der Waals surface area contributed by atoms with Crippen LogP contribution in [0.4, 0.5) is 5.69 Å². The fourth-order valence-corrected chi connectivity index (χ4v) is 0.697. The summed E-state index contributed by atoms with van der Waals surface area (Å²) in [5.74, 6) is 0. The summed E-state index contributed by atoms with van der Waals surface area (Å²) >= 11 is 0. The number of methoxy groups -OCH3 is 1. The minimum atomic E-state index is -2.33. The lowest BCUT2D eigenvalue weighted by atomic mass is 10.2. The van der Waals surface area contributed by atoms with E-state index in [2.05, 4.69) is 4.74 Å². The van der Waals surface area contributed by atoms with Crippen molar-refractivity contribution < 1.29 is 8.85 Å². The Morgan fingerprint density at radius 2 is 2.20 bits per heavy atom. The summed E-state index contributed by atoms with van der Waals surface area (Å²) in [7, 11) is -2.33. The first-order valence-corrected chi connectivity index (χ1v) is 2.96. The van der Waals surface area contributed by atoms with Crippen LogP contribution < -0.4 is 5.73 Å². The summed E-state index contributed by atoms with van der Waals surface area (Å²) in [5.41, 5.74) is 6.90. The lowest BCUT2D eigenvalue weighted by molar-refractivity contribution is 0.185. The minimum Gasteiger partial charge on any atom is -0.399 e. The van der Waals surface area contributed by atoms with Crippen LogP contribution in [0.25, 0.3) is 0 Å². The predicted molar refractivity (Wildman–Crippen MR) is 41.6 cm³/mol. The molecule has 54 valence electrons. The highest BCUT2D eigenvalue weighted by molar-refractivity contribution is 5.38. The first-order chi connectivity index (χ1) is 5.97. The summed E-state index contributed by atoms with van der Waals surface area (Å²) in [5, 5.41) is 0. The maximum Gasteiger partial charge on any atom is 0.0713 e. The smallest absolute Gasteiger partial charge is 0.0713 e. The maximum atomic E-state index is 6.81. The molecule has 0 saturated carbocycles. The first kappa shape index (κ1) is 3.98. The number of ether oxygens (including phenoxy) is 1. The number of nitrogen functional groups attached to an aromatic ring is 1. The summed E-state index contributed by atoms with van der Waals surface area (Å²) in [4.78, 5) is 0. The molecule has 10 heavy (non-hydrogen) atoms. The van der Waals surface area contributed by atoms with Crippen molar-refractivity contribution in [2.75, 3.05) is 12.8 Å². The predicted octanol–water partition coefficient (Wildman–Crippen LogP) is 1.42. The van der Waals surface area contributed by atoms with Crippen molar-refractivity contribution in [1.29, 1.82) is 0 Å². The van der Waals surface area contributed by atoms with E-state index < -0.39 is 7.04 Å². The molecule has 2 N–H and O–H groups in total. The third kappa shape index (κ3) is 1.74. The highest BCUT2D eigenvalue weighted by atomic mass is 16.5. The number of nitrogens with two attached hydrogens (primary N) is 1.